The number of nitrogens with one attached hydrogen (secondary N) is 1. The Kier molecular flexibility index (Phi) is 5.51. The Balaban J connectivity index is 1.92. The van der Waals surface area contributed by atoms with E-state index in [0.717, 1.165) is 36.9 Å². The molecule has 1 saturated heterocycles. The van der Waals surface area contributed by atoms with Gasteiger partial charge in [0.15, 0.2) is 0 Å². The van der Waals surface area contributed by atoms with Crippen molar-refractivity contribution >= 4 is 17.2 Å². The minimum atomic E-state index is 0.109. The quantitative estimate of drug-likeness (QED) is 0.849. The van der Waals surface area contributed by atoms with Gasteiger partial charge in [-0.2, -0.15) is 0 Å². The van der Waals surface area contributed by atoms with E-state index < -0.39 is 0 Å². The van der Waals surface area contributed by atoms with Crippen molar-refractivity contribution in [2.75, 3.05) is 33.7 Å². The van der Waals surface area contributed by atoms with Gasteiger partial charge in [-0.05, 0) is 19.5 Å². The SMILES string of the molecule is CCN(Cc1csc(CC(=O)N(C)C)n1)C1CCNC1. The molecule has 1 aliphatic heterocycles. The normalized spacial score (nSPS) is 18.7. The molecule has 0 saturated carbocycles. The van der Waals surface area contributed by atoms with Crippen molar-refractivity contribution in [2.24, 2.45) is 0 Å². The zero-order valence-electron chi connectivity index (χ0n) is 12.6. The van der Waals surface area contributed by atoms with Crippen molar-refractivity contribution in [3.05, 3.63) is 16.1 Å². The van der Waals surface area contributed by atoms with E-state index in [1.807, 2.05) is 0 Å². The number of thiazole rings is 1. The standard InChI is InChI=1S/C14H24N4OS/c1-4-18(12-5-6-15-8-12)9-11-10-20-13(16-11)7-14(19)17(2)3/h10,12,15H,4-9H2,1-3H3. The molecule has 1 N–H and O–H groups in total. The second-order valence-corrected chi connectivity index (χ2v) is 6.35. The number of amides is 1. The molecule has 1 atom stereocenters. The Morgan fingerprint density at radius 2 is 2.35 bits per heavy atom. The molecular formula is C14H24N4OS. The van der Waals surface area contributed by atoms with Crippen LogP contribution in [0.4, 0.5) is 0 Å². The molecule has 112 valence electrons. The predicted octanol–water partition coefficient (Wildman–Crippen LogP) is 0.958. The van der Waals surface area contributed by atoms with Gasteiger partial charge in [0.05, 0.1) is 12.1 Å². The number of likely N-dealkylation sites (N-methyl/N-ethyl adjacent to an activating group) is 2. The van der Waals surface area contributed by atoms with Gasteiger partial charge >= 0.3 is 0 Å². The molecule has 0 aromatic carbocycles. The van der Waals surface area contributed by atoms with Crippen molar-refractivity contribution in [1.82, 2.24) is 20.1 Å². The highest BCUT2D eigenvalue weighted by atomic mass is 32.1. The first-order valence-corrected chi connectivity index (χ1v) is 8.06. The smallest absolute Gasteiger partial charge is 0.228 e. The minimum absolute atomic E-state index is 0.109. The van der Waals surface area contributed by atoms with Crippen LogP contribution in [0.15, 0.2) is 5.38 Å². The van der Waals surface area contributed by atoms with Crippen molar-refractivity contribution in [3.8, 4) is 0 Å². The fourth-order valence-electron chi connectivity index (χ4n) is 2.45. The summed E-state index contributed by atoms with van der Waals surface area (Å²) in [4.78, 5) is 20.4. The number of carbonyl (C=O) groups excluding carboxylic acids is 1. The van der Waals surface area contributed by atoms with E-state index in [0.29, 0.717) is 12.5 Å². The topological polar surface area (TPSA) is 48.5 Å². The Bertz CT molecular complexity index is 440. The van der Waals surface area contributed by atoms with Crippen LogP contribution in [-0.2, 0) is 17.8 Å². The van der Waals surface area contributed by atoms with Crippen LogP contribution in [0.1, 0.15) is 24.0 Å². The van der Waals surface area contributed by atoms with Gasteiger partial charge in [0.1, 0.15) is 5.01 Å². The van der Waals surface area contributed by atoms with Crippen LogP contribution in [0.2, 0.25) is 0 Å². The first-order valence-electron chi connectivity index (χ1n) is 7.18. The van der Waals surface area contributed by atoms with E-state index in [4.69, 9.17) is 0 Å². The number of hydrogen-bond acceptors (Lipinski definition) is 5. The minimum Gasteiger partial charge on any atom is -0.348 e. The lowest BCUT2D eigenvalue weighted by Gasteiger charge is -2.25. The van der Waals surface area contributed by atoms with Crippen LogP contribution in [0.25, 0.3) is 0 Å². The monoisotopic (exact) mass is 296 g/mol. The second kappa shape index (κ2) is 7.15. The summed E-state index contributed by atoms with van der Waals surface area (Å²) >= 11 is 1.59. The molecule has 20 heavy (non-hydrogen) atoms. The molecule has 0 aliphatic carbocycles. The highest BCUT2D eigenvalue weighted by Crippen LogP contribution is 2.16. The van der Waals surface area contributed by atoms with Gasteiger partial charge in [-0.3, -0.25) is 9.69 Å². The van der Waals surface area contributed by atoms with Crippen LogP contribution in [0, 0.1) is 0 Å². The lowest BCUT2D eigenvalue weighted by atomic mass is 10.2. The summed E-state index contributed by atoms with van der Waals surface area (Å²) in [5, 5.41) is 6.41. The molecule has 1 amide bonds. The van der Waals surface area contributed by atoms with E-state index in [1.54, 1.807) is 30.3 Å². The zero-order valence-corrected chi connectivity index (χ0v) is 13.4. The molecule has 0 bridgehead atoms. The Hall–Kier alpha value is -0.980. The predicted molar refractivity (Wildman–Crippen MR) is 81.9 cm³/mol. The maximum Gasteiger partial charge on any atom is 0.228 e. The van der Waals surface area contributed by atoms with Crippen LogP contribution in [0.5, 0.6) is 0 Å². The third-order valence-corrected chi connectivity index (χ3v) is 4.62. The highest BCUT2D eigenvalue weighted by Gasteiger charge is 2.21. The molecule has 0 spiro atoms. The number of nitrogens with zero attached hydrogens (tertiary/aromatic N) is 3. The van der Waals surface area contributed by atoms with Gasteiger partial charge in [-0.25, -0.2) is 4.98 Å². The third-order valence-electron chi connectivity index (χ3n) is 3.72. The van der Waals surface area contributed by atoms with Gasteiger partial charge in [-0.15, -0.1) is 11.3 Å². The average molecular weight is 296 g/mol. The molecule has 1 fully saturated rings. The van der Waals surface area contributed by atoms with Crippen LogP contribution in [-0.4, -0.2) is 60.5 Å². The second-order valence-electron chi connectivity index (χ2n) is 5.41. The van der Waals surface area contributed by atoms with E-state index in [-0.39, 0.29) is 5.91 Å². The summed E-state index contributed by atoms with van der Waals surface area (Å²) in [6.07, 6.45) is 1.62. The Morgan fingerprint density at radius 1 is 1.55 bits per heavy atom. The van der Waals surface area contributed by atoms with Gasteiger partial charge in [0, 0.05) is 38.6 Å². The van der Waals surface area contributed by atoms with Gasteiger partial charge < -0.3 is 10.2 Å². The fraction of sp³-hybridized carbons (Fsp3) is 0.714. The summed E-state index contributed by atoms with van der Waals surface area (Å²) in [5.41, 5.74) is 1.09. The van der Waals surface area contributed by atoms with Crippen LogP contribution >= 0.6 is 11.3 Å². The molecule has 1 aromatic rings. The van der Waals surface area contributed by atoms with Gasteiger partial charge in [0.2, 0.25) is 5.91 Å². The number of hydrogen-bond donors (Lipinski definition) is 1. The molecular weight excluding hydrogens is 272 g/mol. The summed E-state index contributed by atoms with van der Waals surface area (Å²) in [7, 11) is 3.56. The highest BCUT2D eigenvalue weighted by molar-refractivity contribution is 7.09. The number of aromatic nitrogens is 1. The van der Waals surface area contributed by atoms with Gasteiger partial charge in [-0.1, -0.05) is 6.92 Å². The summed E-state index contributed by atoms with van der Waals surface area (Å²) < 4.78 is 0. The third kappa shape index (κ3) is 4.01. The largest absolute Gasteiger partial charge is 0.348 e. The summed E-state index contributed by atoms with van der Waals surface area (Å²) in [6.45, 7) is 6.30. The molecule has 1 aliphatic rings. The molecule has 0 radical (unpaired) electrons. The van der Waals surface area contributed by atoms with Crippen LogP contribution < -0.4 is 5.32 Å². The Morgan fingerprint density at radius 3 is 2.95 bits per heavy atom. The zero-order chi connectivity index (χ0) is 14.5. The molecule has 6 heteroatoms. The fourth-order valence-corrected chi connectivity index (χ4v) is 3.22. The maximum absolute atomic E-state index is 11.7. The van der Waals surface area contributed by atoms with Crippen LogP contribution in [0.3, 0.4) is 0 Å². The summed E-state index contributed by atoms with van der Waals surface area (Å²) in [5.74, 6) is 0.109. The Labute approximate surface area is 125 Å². The summed E-state index contributed by atoms with van der Waals surface area (Å²) in [6, 6.07) is 0.619. The number of carbonyl (C=O) groups is 1. The van der Waals surface area contributed by atoms with Crippen molar-refractivity contribution in [1.29, 1.82) is 0 Å². The van der Waals surface area contributed by atoms with E-state index in [9.17, 15) is 4.79 Å². The average Bonchev–Trinajstić information content (AvgIpc) is 3.07. The van der Waals surface area contributed by atoms with Crippen molar-refractivity contribution in [3.63, 3.8) is 0 Å². The maximum atomic E-state index is 11.7. The van der Waals surface area contributed by atoms with Crippen molar-refractivity contribution < 1.29 is 4.79 Å². The molecule has 2 heterocycles. The molecule has 1 unspecified atom stereocenters. The molecule has 1 aromatic heterocycles. The lowest BCUT2D eigenvalue weighted by Crippen LogP contribution is -2.36. The van der Waals surface area contributed by atoms with E-state index in [2.05, 4.69) is 27.5 Å². The first-order chi connectivity index (χ1) is 9.60. The molecule has 2 rings (SSSR count). The molecule has 5 nitrogen and oxygen atoms in total. The van der Waals surface area contributed by atoms with Crippen molar-refractivity contribution in [2.45, 2.75) is 32.4 Å². The van der Waals surface area contributed by atoms with E-state index in [1.165, 1.54) is 6.42 Å². The first kappa shape index (κ1) is 15.4. The lowest BCUT2D eigenvalue weighted by molar-refractivity contribution is -0.127. The van der Waals surface area contributed by atoms with Gasteiger partial charge in [0.25, 0.3) is 0 Å². The van der Waals surface area contributed by atoms with E-state index >= 15 is 0 Å². The number of rotatable bonds is 6.